The first-order valence-electron chi connectivity index (χ1n) is 8.74. The molecule has 27 heavy (non-hydrogen) atoms. The molecule has 2 aromatic carbocycles. The molecule has 2 heterocycles. The molecule has 4 rings (SSSR count). The van der Waals surface area contributed by atoms with E-state index in [1.54, 1.807) is 23.8 Å². The average Bonchev–Trinajstić information content (AvgIpc) is 2.65. The Hall–Kier alpha value is -2.80. The summed E-state index contributed by atoms with van der Waals surface area (Å²) in [6.07, 6.45) is 1.05. The summed E-state index contributed by atoms with van der Waals surface area (Å²) in [5, 5.41) is 1.04. The summed E-state index contributed by atoms with van der Waals surface area (Å²) in [7, 11) is 1.59. The van der Waals surface area contributed by atoms with E-state index in [9.17, 15) is 9.59 Å². The van der Waals surface area contributed by atoms with Crippen LogP contribution in [0, 0.1) is 0 Å². The Morgan fingerprint density at radius 2 is 2.00 bits per heavy atom. The molecule has 1 aliphatic rings. The van der Waals surface area contributed by atoms with Crippen LogP contribution in [-0.4, -0.2) is 46.3 Å². The van der Waals surface area contributed by atoms with Crippen molar-refractivity contribution in [3.8, 4) is 11.4 Å². The van der Waals surface area contributed by atoms with Gasteiger partial charge in [-0.1, -0.05) is 30.0 Å². The van der Waals surface area contributed by atoms with Crippen LogP contribution in [0.2, 0.25) is 0 Å². The number of nitrogens with zero attached hydrogens (tertiary/aromatic N) is 3. The second-order valence-electron chi connectivity index (χ2n) is 6.28. The van der Waals surface area contributed by atoms with Crippen molar-refractivity contribution in [1.29, 1.82) is 0 Å². The van der Waals surface area contributed by atoms with Crippen molar-refractivity contribution >= 4 is 28.6 Å². The number of amides is 1. The highest BCUT2D eigenvalue weighted by atomic mass is 32.2. The lowest BCUT2D eigenvalue weighted by Crippen LogP contribution is -2.43. The molecule has 6 nitrogen and oxygen atoms in total. The monoisotopic (exact) mass is 381 g/mol. The number of rotatable bonds is 5. The minimum absolute atomic E-state index is 0.0749. The third kappa shape index (κ3) is 3.42. The Kier molecular flexibility index (Phi) is 4.85. The van der Waals surface area contributed by atoms with Crippen molar-refractivity contribution < 1.29 is 9.53 Å². The molecule has 1 aromatic heterocycles. The van der Waals surface area contributed by atoms with Crippen LogP contribution in [0.15, 0.2) is 58.5 Å². The van der Waals surface area contributed by atoms with Gasteiger partial charge in [0.1, 0.15) is 5.75 Å². The number of carbonyl (C=O) groups is 1. The number of methoxy groups -OCH3 is 1. The van der Waals surface area contributed by atoms with Crippen molar-refractivity contribution in [2.45, 2.75) is 11.6 Å². The molecule has 0 saturated carbocycles. The number of thioether (sulfide) groups is 1. The van der Waals surface area contributed by atoms with E-state index in [1.807, 2.05) is 41.3 Å². The molecule has 7 heteroatoms. The van der Waals surface area contributed by atoms with E-state index >= 15 is 0 Å². The van der Waals surface area contributed by atoms with Crippen LogP contribution in [0.4, 0.5) is 0 Å². The number of ether oxygens (including phenoxy) is 1. The standard InChI is InChI=1S/C20H19N3O3S/c1-26-15-7-4-6-14(12-15)23-19(25)16-8-2-3-9-17(16)21-20(23)27-13-18(24)22-10-5-11-22/h2-4,6-9,12H,5,10-11,13H2,1H3. The van der Waals surface area contributed by atoms with Gasteiger partial charge in [0.05, 0.1) is 29.5 Å². The molecule has 0 N–H and O–H groups in total. The van der Waals surface area contributed by atoms with Crippen molar-refractivity contribution in [2.75, 3.05) is 26.0 Å². The summed E-state index contributed by atoms with van der Waals surface area (Å²) in [5.41, 5.74) is 1.13. The highest BCUT2D eigenvalue weighted by Crippen LogP contribution is 2.24. The topological polar surface area (TPSA) is 64.4 Å². The van der Waals surface area contributed by atoms with Crippen LogP contribution < -0.4 is 10.3 Å². The Balaban J connectivity index is 1.79. The number of aromatic nitrogens is 2. The van der Waals surface area contributed by atoms with Crippen LogP contribution in [0.3, 0.4) is 0 Å². The molecule has 3 aromatic rings. The fourth-order valence-electron chi connectivity index (χ4n) is 2.97. The molecule has 0 bridgehead atoms. The van der Waals surface area contributed by atoms with Crippen LogP contribution >= 0.6 is 11.8 Å². The minimum atomic E-state index is -0.159. The zero-order valence-corrected chi connectivity index (χ0v) is 15.7. The van der Waals surface area contributed by atoms with E-state index in [1.165, 1.54) is 11.8 Å². The van der Waals surface area contributed by atoms with Gasteiger partial charge in [-0.25, -0.2) is 4.98 Å². The molecular formula is C20H19N3O3S. The van der Waals surface area contributed by atoms with Gasteiger partial charge in [0, 0.05) is 19.2 Å². The molecule has 0 spiro atoms. The van der Waals surface area contributed by atoms with Gasteiger partial charge in [-0.2, -0.15) is 0 Å². The predicted octanol–water partition coefficient (Wildman–Crippen LogP) is 2.72. The van der Waals surface area contributed by atoms with E-state index in [0.29, 0.717) is 27.5 Å². The lowest BCUT2D eigenvalue weighted by atomic mass is 10.2. The average molecular weight is 381 g/mol. The van der Waals surface area contributed by atoms with Gasteiger partial charge in [0.15, 0.2) is 5.16 Å². The van der Waals surface area contributed by atoms with Gasteiger partial charge in [-0.15, -0.1) is 0 Å². The van der Waals surface area contributed by atoms with E-state index in [-0.39, 0.29) is 17.2 Å². The highest BCUT2D eigenvalue weighted by Gasteiger charge is 2.21. The lowest BCUT2D eigenvalue weighted by molar-refractivity contribution is -0.131. The lowest BCUT2D eigenvalue weighted by Gasteiger charge is -2.30. The summed E-state index contributed by atoms with van der Waals surface area (Å²) in [6, 6.07) is 14.5. The fourth-order valence-corrected chi connectivity index (χ4v) is 3.89. The van der Waals surface area contributed by atoms with Crippen molar-refractivity contribution in [3.63, 3.8) is 0 Å². The van der Waals surface area contributed by atoms with E-state index in [0.717, 1.165) is 19.5 Å². The number of fused-ring (bicyclic) bond motifs is 1. The van der Waals surface area contributed by atoms with Gasteiger partial charge < -0.3 is 9.64 Å². The SMILES string of the molecule is COc1cccc(-n2c(SCC(=O)N3CCC3)nc3ccccc3c2=O)c1. The van der Waals surface area contributed by atoms with Crippen LogP contribution in [-0.2, 0) is 4.79 Å². The van der Waals surface area contributed by atoms with Gasteiger partial charge in [-0.3, -0.25) is 14.2 Å². The number of likely N-dealkylation sites (tertiary alicyclic amines) is 1. The van der Waals surface area contributed by atoms with Crippen LogP contribution in [0.5, 0.6) is 5.75 Å². The molecule has 1 saturated heterocycles. The Labute approximate surface area is 160 Å². The Morgan fingerprint density at radius 1 is 1.19 bits per heavy atom. The van der Waals surface area contributed by atoms with E-state index in [4.69, 9.17) is 4.74 Å². The zero-order valence-electron chi connectivity index (χ0n) is 14.9. The second-order valence-corrected chi connectivity index (χ2v) is 7.22. The smallest absolute Gasteiger partial charge is 0.266 e. The van der Waals surface area contributed by atoms with E-state index < -0.39 is 0 Å². The number of para-hydroxylation sites is 1. The quantitative estimate of drug-likeness (QED) is 0.502. The summed E-state index contributed by atoms with van der Waals surface area (Å²) in [5.74, 6) is 0.986. The maximum atomic E-state index is 13.2. The van der Waals surface area contributed by atoms with Gasteiger partial charge in [-0.05, 0) is 30.7 Å². The largest absolute Gasteiger partial charge is 0.497 e. The summed E-state index contributed by atoms with van der Waals surface area (Å²) < 4.78 is 6.85. The first-order chi connectivity index (χ1) is 13.2. The normalized spacial score (nSPS) is 13.4. The number of hydrogen-bond donors (Lipinski definition) is 0. The second kappa shape index (κ2) is 7.44. The predicted molar refractivity (Wildman–Crippen MR) is 106 cm³/mol. The summed E-state index contributed by atoms with van der Waals surface area (Å²) in [6.45, 7) is 1.63. The van der Waals surface area contributed by atoms with Gasteiger partial charge in [0.2, 0.25) is 5.91 Å². The maximum absolute atomic E-state index is 13.2. The van der Waals surface area contributed by atoms with E-state index in [2.05, 4.69) is 4.98 Å². The number of hydrogen-bond acceptors (Lipinski definition) is 5. The molecule has 1 fully saturated rings. The molecule has 0 radical (unpaired) electrons. The summed E-state index contributed by atoms with van der Waals surface area (Å²) in [4.78, 5) is 31.9. The molecule has 0 aliphatic carbocycles. The molecule has 1 aliphatic heterocycles. The van der Waals surface area contributed by atoms with Crippen LogP contribution in [0.1, 0.15) is 6.42 Å². The first kappa shape index (κ1) is 17.6. The van der Waals surface area contributed by atoms with Gasteiger partial charge in [0.25, 0.3) is 5.56 Å². The first-order valence-corrected chi connectivity index (χ1v) is 9.73. The molecular weight excluding hydrogens is 362 g/mol. The van der Waals surface area contributed by atoms with Crippen molar-refractivity contribution in [3.05, 3.63) is 58.9 Å². The molecule has 138 valence electrons. The minimum Gasteiger partial charge on any atom is -0.497 e. The van der Waals surface area contributed by atoms with Gasteiger partial charge >= 0.3 is 0 Å². The maximum Gasteiger partial charge on any atom is 0.266 e. The zero-order chi connectivity index (χ0) is 18.8. The third-order valence-electron chi connectivity index (χ3n) is 4.59. The molecule has 1 amide bonds. The Bertz CT molecular complexity index is 1060. The van der Waals surface area contributed by atoms with Crippen LogP contribution in [0.25, 0.3) is 16.6 Å². The molecule has 0 unspecified atom stereocenters. The molecule has 0 atom stereocenters. The number of carbonyl (C=O) groups excluding carboxylic acids is 1. The van der Waals surface area contributed by atoms with Crippen molar-refractivity contribution in [2.24, 2.45) is 0 Å². The third-order valence-corrected chi connectivity index (χ3v) is 5.51. The fraction of sp³-hybridized carbons (Fsp3) is 0.250. The highest BCUT2D eigenvalue weighted by molar-refractivity contribution is 7.99. The Morgan fingerprint density at radius 3 is 2.74 bits per heavy atom. The number of benzene rings is 2. The van der Waals surface area contributed by atoms with Crippen molar-refractivity contribution in [1.82, 2.24) is 14.5 Å². The summed E-state index contributed by atoms with van der Waals surface area (Å²) >= 11 is 1.29.